The van der Waals surface area contributed by atoms with Crippen LogP contribution in [0.25, 0.3) is 0 Å². The van der Waals surface area contributed by atoms with E-state index in [4.69, 9.17) is 9.47 Å². The van der Waals surface area contributed by atoms with Gasteiger partial charge in [0, 0.05) is 39.1 Å². The van der Waals surface area contributed by atoms with Crippen molar-refractivity contribution < 1.29 is 14.3 Å². The molecule has 1 heterocycles. The van der Waals surface area contributed by atoms with Gasteiger partial charge in [-0.3, -0.25) is 9.69 Å². The molecule has 0 aliphatic carbocycles. The van der Waals surface area contributed by atoms with Crippen molar-refractivity contribution in [3.05, 3.63) is 23.8 Å². The first-order chi connectivity index (χ1) is 9.61. The number of hydrogen-bond donors (Lipinski definition) is 1. The Balaban J connectivity index is 2.17. The fraction of sp³-hybridized carbons (Fsp3) is 0.533. The molecule has 1 atom stereocenters. The highest BCUT2D eigenvalue weighted by molar-refractivity contribution is 5.70. The molecule has 5 heteroatoms. The van der Waals surface area contributed by atoms with E-state index in [2.05, 4.69) is 17.1 Å². The van der Waals surface area contributed by atoms with Gasteiger partial charge in [0.1, 0.15) is 0 Å². The maximum Gasteiger partial charge on any atom is 0.308 e. The van der Waals surface area contributed by atoms with Gasteiger partial charge in [0.25, 0.3) is 0 Å². The Hall–Kier alpha value is -1.59. The molecule has 0 unspecified atom stereocenters. The van der Waals surface area contributed by atoms with Gasteiger partial charge < -0.3 is 14.8 Å². The molecule has 0 amide bonds. The number of carbonyl (C=O) groups is 1. The maximum absolute atomic E-state index is 11.1. The van der Waals surface area contributed by atoms with E-state index in [0.29, 0.717) is 17.5 Å². The molecule has 0 bridgehead atoms. The van der Waals surface area contributed by atoms with Crippen LogP contribution in [0.1, 0.15) is 25.5 Å². The number of rotatable bonds is 4. The second-order valence-corrected chi connectivity index (χ2v) is 4.97. The van der Waals surface area contributed by atoms with Crippen LogP contribution in [0.3, 0.4) is 0 Å². The number of carbonyl (C=O) groups excluding carboxylic acids is 1. The van der Waals surface area contributed by atoms with Crippen molar-refractivity contribution in [3.8, 4) is 11.5 Å². The highest BCUT2D eigenvalue weighted by Gasteiger charge is 2.19. The van der Waals surface area contributed by atoms with Crippen molar-refractivity contribution in [2.24, 2.45) is 0 Å². The summed E-state index contributed by atoms with van der Waals surface area (Å²) in [6, 6.07) is 6.06. The Morgan fingerprint density at radius 3 is 2.60 bits per heavy atom. The summed E-state index contributed by atoms with van der Waals surface area (Å²) in [7, 11) is 1.58. The zero-order valence-corrected chi connectivity index (χ0v) is 12.3. The van der Waals surface area contributed by atoms with Gasteiger partial charge in [-0.15, -0.1) is 0 Å². The fourth-order valence-electron chi connectivity index (χ4n) is 2.46. The number of nitrogens with one attached hydrogen (secondary N) is 1. The quantitative estimate of drug-likeness (QED) is 0.669. The number of ether oxygens (including phenoxy) is 2. The molecular formula is C15H22N2O3. The van der Waals surface area contributed by atoms with Crippen LogP contribution in [0.4, 0.5) is 0 Å². The zero-order chi connectivity index (χ0) is 14.5. The highest BCUT2D eigenvalue weighted by Crippen LogP contribution is 2.32. The highest BCUT2D eigenvalue weighted by atomic mass is 16.6. The van der Waals surface area contributed by atoms with Gasteiger partial charge in [-0.1, -0.05) is 6.07 Å². The number of methoxy groups -OCH3 is 1. The minimum atomic E-state index is -0.341. The topological polar surface area (TPSA) is 50.8 Å². The zero-order valence-electron chi connectivity index (χ0n) is 12.3. The lowest BCUT2D eigenvalue weighted by atomic mass is 10.1. The summed E-state index contributed by atoms with van der Waals surface area (Å²) in [6.07, 6.45) is 0. The number of esters is 1. The Labute approximate surface area is 119 Å². The molecule has 0 spiro atoms. The molecule has 1 aromatic carbocycles. The lowest BCUT2D eigenvalue weighted by molar-refractivity contribution is -0.132. The van der Waals surface area contributed by atoms with Gasteiger partial charge in [0.05, 0.1) is 7.11 Å². The first kappa shape index (κ1) is 14.8. The third-order valence-corrected chi connectivity index (χ3v) is 3.62. The van der Waals surface area contributed by atoms with Crippen molar-refractivity contribution in [1.82, 2.24) is 10.2 Å². The molecule has 1 fully saturated rings. The minimum Gasteiger partial charge on any atom is -0.493 e. The van der Waals surface area contributed by atoms with Crippen LogP contribution in [0.2, 0.25) is 0 Å². The average Bonchev–Trinajstić information content (AvgIpc) is 2.47. The molecule has 1 N–H and O–H groups in total. The second-order valence-electron chi connectivity index (χ2n) is 4.97. The van der Waals surface area contributed by atoms with E-state index in [1.54, 1.807) is 13.2 Å². The molecule has 110 valence electrons. The van der Waals surface area contributed by atoms with Crippen LogP contribution in [-0.4, -0.2) is 44.2 Å². The summed E-state index contributed by atoms with van der Waals surface area (Å²) in [5.74, 6) is 0.724. The molecule has 0 aromatic heterocycles. The number of nitrogens with zero attached hydrogens (tertiary/aromatic N) is 1. The SMILES string of the molecule is COc1cc([C@H](C)N2CCNCC2)ccc1OC(C)=O. The van der Waals surface area contributed by atoms with Crippen molar-refractivity contribution in [2.75, 3.05) is 33.3 Å². The van der Waals surface area contributed by atoms with Crippen molar-refractivity contribution in [2.45, 2.75) is 19.9 Å². The normalized spacial score (nSPS) is 17.6. The van der Waals surface area contributed by atoms with Crippen LogP contribution in [0.5, 0.6) is 11.5 Å². The van der Waals surface area contributed by atoms with E-state index < -0.39 is 0 Å². The Kier molecular flexibility index (Phi) is 4.98. The van der Waals surface area contributed by atoms with E-state index in [1.807, 2.05) is 12.1 Å². The Morgan fingerprint density at radius 1 is 1.30 bits per heavy atom. The lowest BCUT2D eigenvalue weighted by Gasteiger charge is -2.33. The first-order valence-electron chi connectivity index (χ1n) is 6.93. The molecule has 1 aromatic rings. The number of benzene rings is 1. The Bertz CT molecular complexity index is 470. The van der Waals surface area contributed by atoms with Gasteiger partial charge in [0.15, 0.2) is 11.5 Å². The summed E-state index contributed by atoms with van der Waals surface area (Å²) in [5.41, 5.74) is 1.17. The Morgan fingerprint density at radius 2 is 2.00 bits per heavy atom. The summed E-state index contributed by atoms with van der Waals surface area (Å²) in [4.78, 5) is 13.5. The summed E-state index contributed by atoms with van der Waals surface area (Å²) < 4.78 is 10.4. The van der Waals surface area contributed by atoms with Crippen LogP contribution >= 0.6 is 0 Å². The van der Waals surface area contributed by atoms with Crippen LogP contribution < -0.4 is 14.8 Å². The van der Waals surface area contributed by atoms with E-state index in [9.17, 15) is 4.79 Å². The van der Waals surface area contributed by atoms with E-state index in [1.165, 1.54) is 12.5 Å². The molecule has 1 saturated heterocycles. The standard InChI is InChI=1S/C15H22N2O3/c1-11(17-8-6-16-7-9-17)13-4-5-14(20-12(2)18)15(10-13)19-3/h4-5,10-11,16H,6-9H2,1-3H3/t11-/m0/s1. The summed E-state index contributed by atoms with van der Waals surface area (Å²) in [5, 5.41) is 3.35. The van der Waals surface area contributed by atoms with Gasteiger partial charge in [-0.05, 0) is 24.6 Å². The van der Waals surface area contributed by atoms with Gasteiger partial charge >= 0.3 is 5.97 Å². The average molecular weight is 278 g/mol. The van der Waals surface area contributed by atoms with Gasteiger partial charge in [-0.25, -0.2) is 0 Å². The number of piperazine rings is 1. The molecule has 20 heavy (non-hydrogen) atoms. The fourth-order valence-corrected chi connectivity index (χ4v) is 2.46. The first-order valence-corrected chi connectivity index (χ1v) is 6.93. The molecule has 0 saturated carbocycles. The summed E-state index contributed by atoms with van der Waals surface area (Å²) >= 11 is 0. The third kappa shape index (κ3) is 3.49. The van der Waals surface area contributed by atoms with Crippen LogP contribution in [-0.2, 0) is 4.79 Å². The summed E-state index contributed by atoms with van der Waals surface area (Å²) in [6.45, 7) is 7.69. The predicted molar refractivity (Wildman–Crippen MR) is 77.2 cm³/mol. The largest absolute Gasteiger partial charge is 0.493 e. The lowest BCUT2D eigenvalue weighted by Crippen LogP contribution is -2.44. The van der Waals surface area contributed by atoms with Gasteiger partial charge in [0.2, 0.25) is 0 Å². The van der Waals surface area contributed by atoms with Gasteiger partial charge in [-0.2, -0.15) is 0 Å². The molecular weight excluding hydrogens is 256 g/mol. The van der Waals surface area contributed by atoms with Crippen molar-refractivity contribution >= 4 is 5.97 Å². The molecule has 1 aliphatic heterocycles. The minimum absolute atomic E-state index is 0.317. The van der Waals surface area contributed by atoms with E-state index in [-0.39, 0.29) is 5.97 Å². The van der Waals surface area contributed by atoms with Crippen LogP contribution in [0.15, 0.2) is 18.2 Å². The van der Waals surface area contributed by atoms with E-state index >= 15 is 0 Å². The van der Waals surface area contributed by atoms with Crippen molar-refractivity contribution in [3.63, 3.8) is 0 Å². The monoisotopic (exact) mass is 278 g/mol. The smallest absolute Gasteiger partial charge is 0.308 e. The van der Waals surface area contributed by atoms with Crippen LogP contribution in [0, 0.1) is 0 Å². The maximum atomic E-state index is 11.1. The molecule has 0 radical (unpaired) electrons. The third-order valence-electron chi connectivity index (χ3n) is 3.62. The van der Waals surface area contributed by atoms with E-state index in [0.717, 1.165) is 26.2 Å². The second kappa shape index (κ2) is 6.72. The molecule has 2 rings (SSSR count). The predicted octanol–water partition coefficient (Wildman–Crippen LogP) is 1.59. The molecule has 1 aliphatic rings. The van der Waals surface area contributed by atoms with Crippen molar-refractivity contribution in [1.29, 1.82) is 0 Å². The molecule has 5 nitrogen and oxygen atoms in total. The number of hydrogen-bond acceptors (Lipinski definition) is 5.